The van der Waals surface area contributed by atoms with Gasteiger partial charge in [-0.2, -0.15) is 0 Å². The zero-order valence-corrected chi connectivity index (χ0v) is 17.4. The summed E-state index contributed by atoms with van der Waals surface area (Å²) < 4.78 is 0. The molecule has 4 heterocycles. The molecule has 1 aliphatic carbocycles. The maximum atomic E-state index is 13.5. The Kier molecular flexibility index (Phi) is 5.19. The molecule has 1 spiro atoms. The molecule has 30 heavy (non-hydrogen) atoms. The molecule has 0 unspecified atom stereocenters. The van der Waals surface area contributed by atoms with E-state index < -0.39 is 0 Å². The number of aliphatic hydroxyl groups excluding tert-OH is 1. The Balaban J connectivity index is 1.29. The van der Waals surface area contributed by atoms with Crippen LogP contribution in [0.1, 0.15) is 44.9 Å². The van der Waals surface area contributed by atoms with Crippen LogP contribution in [-0.2, 0) is 4.79 Å². The van der Waals surface area contributed by atoms with Gasteiger partial charge in [-0.3, -0.25) is 9.78 Å². The number of piperidine rings is 1. The first-order valence-corrected chi connectivity index (χ1v) is 11.3. The summed E-state index contributed by atoms with van der Waals surface area (Å²) in [5.74, 6) is 1.29. The summed E-state index contributed by atoms with van der Waals surface area (Å²) in [5.41, 5.74) is 1.92. The number of hydrogen-bond acceptors (Lipinski definition) is 5. The van der Waals surface area contributed by atoms with E-state index in [0.29, 0.717) is 11.9 Å². The summed E-state index contributed by atoms with van der Waals surface area (Å²) in [5, 5.41) is 9.81. The molecular formula is C24H30N4O2. The number of aromatic nitrogens is 2. The summed E-state index contributed by atoms with van der Waals surface area (Å²) >= 11 is 0. The molecule has 2 aromatic heterocycles. The minimum Gasteiger partial charge on any atom is -0.393 e. The van der Waals surface area contributed by atoms with Gasteiger partial charge in [0.1, 0.15) is 5.82 Å². The van der Waals surface area contributed by atoms with Crippen molar-refractivity contribution >= 4 is 11.7 Å². The van der Waals surface area contributed by atoms with Crippen LogP contribution in [-0.4, -0.2) is 57.7 Å². The monoisotopic (exact) mass is 406 g/mol. The molecule has 1 amide bonds. The number of rotatable bonds is 3. The van der Waals surface area contributed by atoms with E-state index in [1.807, 2.05) is 18.3 Å². The summed E-state index contributed by atoms with van der Waals surface area (Å²) in [6.45, 7) is 2.58. The van der Waals surface area contributed by atoms with Gasteiger partial charge in [0.2, 0.25) is 5.91 Å². The van der Waals surface area contributed by atoms with E-state index in [2.05, 4.69) is 26.9 Å². The van der Waals surface area contributed by atoms with E-state index in [0.717, 1.165) is 81.5 Å². The second-order valence-electron chi connectivity index (χ2n) is 9.16. The van der Waals surface area contributed by atoms with Crippen molar-refractivity contribution in [2.75, 3.05) is 24.5 Å². The fourth-order valence-corrected chi connectivity index (χ4v) is 5.56. The van der Waals surface area contributed by atoms with Crippen molar-refractivity contribution in [3.05, 3.63) is 42.9 Å². The number of amides is 1. The van der Waals surface area contributed by atoms with Gasteiger partial charge in [0.15, 0.2) is 0 Å². The third kappa shape index (κ3) is 3.58. The van der Waals surface area contributed by atoms with Crippen LogP contribution in [0.4, 0.5) is 5.82 Å². The van der Waals surface area contributed by atoms with Crippen molar-refractivity contribution in [3.63, 3.8) is 0 Å². The first-order valence-electron chi connectivity index (χ1n) is 11.3. The average Bonchev–Trinajstić information content (AvgIpc) is 3.10. The first kappa shape index (κ1) is 19.5. The Morgan fingerprint density at radius 1 is 0.967 bits per heavy atom. The highest BCUT2D eigenvalue weighted by Crippen LogP contribution is 2.43. The highest BCUT2D eigenvalue weighted by atomic mass is 16.3. The van der Waals surface area contributed by atoms with Gasteiger partial charge in [0.25, 0.3) is 0 Å². The largest absolute Gasteiger partial charge is 0.393 e. The predicted molar refractivity (Wildman–Crippen MR) is 116 cm³/mol. The van der Waals surface area contributed by atoms with E-state index in [4.69, 9.17) is 4.98 Å². The molecule has 158 valence electrons. The van der Waals surface area contributed by atoms with E-state index in [1.165, 1.54) is 0 Å². The van der Waals surface area contributed by atoms with Crippen LogP contribution in [0, 0.1) is 5.41 Å². The normalized spacial score (nSPS) is 29.6. The second kappa shape index (κ2) is 7.99. The highest BCUT2D eigenvalue weighted by Gasteiger charge is 2.50. The number of pyridine rings is 2. The molecule has 2 aromatic rings. The molecule has 6 nitrogen and oxygen atoms in total. The lowest BCUT2D eigenvalue weighted by Gasteiger charge is -2.41. The van der Waals surface area contributed by atoms with Gasteiger partial charge >= 0.3 is 0 Å². The lowest BCUT2D eigenvalue weighted by atomic mass is 9.78. The molecule has 2 aliphatic heterocycles. The number of aliphatic hydroxyl groups is 1. The van der Waals surface area contributed by atoms with E-state index in [1.54, 1.807) is 12.4 Å². The molecule has 1 atom stereocenters. The van der Waals surface area contributed by atoms with Crippen LogP contribution in [0.3, 0.4) is 0 Å². The van der Waals surface area contributed by atoms with Gasteiger partial charge in [-0.25, -0.2) is 4.98 Å². The molecule has 3 aliphatic rings. The summed E-state index contributed by atoms with van der Waals surface area (Å²) in [4.78, 5) is 26.7. The Hall–Kier alpha value is -2.47. The zero-order valence-electron chi connectivity index (χ0n) is 17.4. The van der Waals surface area contributed by atoms with Crippen molar-refractivity contribution in [2.24, 2.45) is 5.41 Å². The SMILES string of the molecule is O=C1N(C2CCC(O)CC2)CC[C@@]12CCCN(c1ccc(-c3ccncc3)cn1)C2. The van der Waals surface area contributed by atoms with Gasteiger partial charge in [-0.05, 0) is 74.8 Å². The Labute approximate surface area is 177 Å². The molecule has 1 N–H and O–H groups in total. The Morgan fingerprint density at radius 2 is 1.77 bits per heavy atom. The fourth-order valence-electron chi connectivity index (χ4n) is 5.56. The fraction of sp³-hybridized carbons (Fsp3) is 0.542. The quantitative estimate of drug-likeness (QED) is 0.847. The number of likely N-dealkylation sites (tertiary alicyclic amines) is 1. The third-order valence-corrected chi connectivity index (χ3v) is 7.32. The zero-order chi connectivity index (χ0) is 20.6. The summed E-state index contributed by atoms with van der Waals surface area (Å²) in [6, 6.07) is 8.47. The minimum absolute atomic E-state index is 0.181. The van der Waals surface area contributed by atoms with E-state index in [9.17, 15) is 9.90 Å². The van der Waals surface area contributed by atoms with Crippen molar-refractivity contribution in [1.82, 2.24) is 14.9 Å². The van der Waals surface area contributed by atoms with Gasteiger partial charge in [0, 0.05) is 49.8 Å². The number of hydrogen-bond donors (Lipinski definition) is 1. The molecule has 1 saturated carbocycles. The number of nitrogens with zero attached hydrogens (tertiary/aromatic N) is 4. The van der Waals surface area contributed by atoms with Gasteiger partial charge < -0.3 is 14.9 Å². The van der Waals surface area contributed by atoms with Gasteiger partial charge in [-0.1, -0.05) is 0 Å². The van der Waals surface area contributed by atoms with Crippen molar-refractivity contribution in [3.8, 4) is 11.1 Å². The number of carbonyl (C=O) groups excluding carboxylic acids is 1. The van der Waals surface area contributed by atoms with E-state index in [-0.39, 0.29) is 11.5 Å². The smallest absolute Gasteiger partial charge is 0.230 e. The number of anilines is 1. The molecule has 0 bridgehead atoms. The maximum absolute atomic E-state index is 13.5. The van der Waals surface area contributed by atoms with Crippen molar-refractivity contribution < 1.29 is 9.90 Å². The molecular weight excluding hydrogens is 376 g/mol. The molecule has 6 heteroatoms. The van der Waals surface area contributed by atoms with Gasteiger partial charge in [-0.15, -0.1) is 0 Å². The van der Waals surface area contributed by atoms with Crippen LogP contribution in [0.2, 0.25) is 0 Å². The van der Waals surface area contributed by atoms with Gasteiger partial charge in [0.05, 0.1) is 11.5 Å². The first-order chi connectivity index (χ1) is 14.6. The molecule has 5 rings (SSSR count). The van der Waals surface area contributed by atoms with Crippen LogP contribution in [0.25, 0.3) is 11.1 Å². The standard InChI is InChI=1S/C24H30N4O2/c29-21-5-3-20(4-6-21)28-15-11-24(23(28)30)10-1-14-27(17-24)22-7-2-19(16-26-22)18-8-12-25-13-9-18/h2,7-9,12-13,16,20-21,29H,1,3-6,10-11,14-15,17H2/t20?,21?,24-/m1/s1. The maximum Gasteiger partial charge on any atom is 0.230 e. The molecule has 0 radical (unpaired) electrons. The van der Waals surface area contributed by atoms with Crippen LogP contribution in [0.15, 0.2) is 42.9 Å². The summed E-state index contributed by atoms with van der Waals surface area (Å²) in [6.07, 6.45) is 11.8. The number of carbonyl (C=O) groups is 1. The molecule has 3 fully saturated rings. The van der Waals surface area contributed by atoms with Crippen molar-refractivity contribution in [1.29, 1.82) is 0 Å². The average molecular weight is 407 g/mol. The topological polar surface area (TPSA) is 69.6 Å². The van der Waals surface area contributed by atoms with Crippen molar-refractivity contribution in [2.45, 2.75) is 57.1 Å². The lowest BCUT2D eigenvalue weighted by Crippen LogP contribution is -2.50. The van der Waals surface area contributed by atoms with Crippen LogP contribution in [0.5, 0.6) is 0 Å². The van der Waals surface area contributed by atoms with Crippen LogP contribution >= 0.6 is 0 Å². The minimum atomic E-state index is -0.264. The second-order valence-corrected chi connectivity index (χ2v) is 9.16. The third-order valence-electron chi connectivity index (χ3n) is 7.32. The predicted octanol–water partition coefficient (Wildman–Crippen LogP) is 3.27. The lowest BCUT2D eigenvalue weighted by molar-refractivity contribution is -0.139. The molecule has 2 saturated heterocycles. The van der Waals surface area contributed by atoms with E-state index >= 15 is 0 Å². The van der Waals surface area contributed by atoms with Crippen LogP contribution < -0.4 is 4.90 Å². The highest BCUT2D eigenvalue weighted by molar-refractivity contribution is 5.86. The Bertz CT molecular complexity index is 880. The summed E-state index contributed by atoms with van der Waals surface area (Å²) in [7, 11) is 0. The molecule has 0 aromatic carbocycles. The Morgan fingerprint density at radius 3 is 2.50 bits per heavy atom.